The van der Waals surface area contributed by atoms with Gasteiger partial charge in [-0.2, -0.15) is 4.31 Å². The molecule has 0 saturated heterocycles. The van der Waals surface area contributed by atoms with Gasteiger partial charge in [0.1, 0.15) is 16.7 Å². The average Bonchev–Trinajstić information content (AvgIpc) is 2.80. The van der Waals surface area contributed by atoms with E-state index in [1.54, 1.807) is 37.1 Å². The van der Waals surface area contributed by atoms with Crippen molar-refractivity contribution in [2.75, 3.05) is 47.4 Å². The Morgan fingerprint density at radius 1 is 1.14 bits per heavy atom. The van der Waals surface area contributed by atoms with Crippen LogP contribution in [-0.2, 0) is 14.8 Å². The van der Waals surface area contributed by atoms with E-state index >= 15 is 0 Å². The van der Waals surface area contributed by atoms with Crippen LogP contribution in [-0.4, -0.2) is 93.1 Å². The molecule has 9 heteroatoms. The van der Waals surface area contributed by atoms with Crippen LogP contribution in [0.4, 0.5) is 0 Å². The molecule has 2 aromatic carbocycles. The van der Waals surface area contributed by atoms with Gasteiger partial charge in [-0.15, -0.1) is 0 Å². The monoisotopic (exact) mass is 503 g/mol. The molecule has 35 heavy (non-hydrogen) atoms. The highest BCUT2D eigenvalue weighted by Gasteiger charge is 2.38. The quantitative estimate of drug-likeness (QED) is 0.624. The minimum Gasteiger partial charge on any atom is -0.487 e. The predicted octanol–water partition coefficient (Wildman–Crippen LogP) is 2.45. The van der Waals surface area contributed by atoms with Gasteiger partial charge in [-0.05, 0) is 51.2 Å². The fraction of sp³-hybridized carbons (Fsp3) is 0.500. The van der Waals surface area contributed by atoms with Crippen molar-refractivity contribution in [1.82, 2.24) is 14.1 Å². The number of aliphatic hydroxyl groups is 1. The second kappa shape index (κ2) is 11.1. The Hall–Kier alpha value is -2.46. The minimum atomic E-state index is -3.92. The molecule has 1 aliphatic rings. The summed E-state index contributed by atoms with van der Waals surface area (Å²) >= 11 is 0. The first-order chi connectivity index (χ1) is 16.4. The third kappa shape index (κ3) is 6.22. The molecule has 0 radical (unpaired) electrons. The molecule has 0 spiro atoms. The van der Waals surface area contributed by atoms with Gasteiger partial charge in [0.15, 0.2) is 0 Å². The normalized spacial score (nSPS) is 20.9. The fourth-order valence-corrected chi connectivity index (χ4v) is 5.96. The number of benzene rings is 2. The van der Waals surface area contributed by atoms with E-state index in [9.17, 15) is 18.3 Å². The largest absolute Gasteiger partial charge is 0.487 e. The zero-order valence-corrected chi connectivity index (χ0v) is 22.2. The van der Waals surface area contributed by atoms with Crippen molar-refractivity contribution in [2.45, 2.75) is 37.8 Å². The van der Waals surface area contributed by atoms with E-state index in [0.717, 1.165) is 16.7 Å². The van der Waals surface area contributed by atoms with Crippen molar-refractivity contribution in [3.05, 3.63) is 48.0 Å². The maximum absolute atomic E-state index is 13.6. The zero-order valence-electron chi connectivity index (χ0n) is 21.4. The molecular formula is C26H37N3O5S. The molecule has 0 bridgehead atoms. The van der Waals surface area contributed by atoms with Crippen LogP contribution in [0.15, 0.2) is 47.4 Å². The summed E-state index contributed by atoms with van der Waals surface area (Å²) < 4.78 is 35.0. The lowest BCUT2D eigenvalue weighted by atomic mass is 10.0. The Balaban J connectivity index is 2.06. The van der Waals surface area contributed by atoms with E-state index in [0.29, 0.717) is 6.54 Å². The Morgan fingerprint density at radius 3 is 2.37 bits per heavy atom. The van der Waals surface area contributed by atoms with Gasteiger partial charge in [-0.3, -0.25) is 4.79 Å². The third-order valence-electron chi connectivity index (χ3n) is 6.38. The fourth-order valence-electron chi connectivity index (χ4n) is 4.13. The van der Waals surface area contributed by atoms with E-state index in [-0.39, 0.29) is 42.2 Å². The number of sulfonamides is 1. The van der Waals surface area contributed by atoms with E-state index in [1.807, 2.05) is 57.1 Å². The molecule has 1 heterocycles. The minimum absolute atomic E-state index is 0.0466. The summed E-state index contributed by atoms with van der Waals surface area (Å²) in [7, 11) is 1.49. The van der Waals surface area contributed by atoms with Crippen molar-refractivity contribution in [2.24, 2.45) is 5.92 Å². The highest BCUT2D eigenvalue weighted by atomic mass is 32.2. The van der Waals surface area contributed by atoms with Gasteiger partial charge in [0.05, 0.1) is 19.7 Å². The number of rotatable bonds is 7. The maximum atomic E-state index is 13.6. The van der Waals surface area contributed by atoms with Crippen molar-refractivity contribution < 1.29 is 23.1 Å². The molecule has 0 saturated carbocycles. The topological polar surface area (TPSA) is 90.4 Å². The first-order valence-corrected chi connectivity index (χ1v) is 13.3. The molecule has 192 valence electrons. The number of hydrogen-bond donors (Lipinski definition) is 1. The number of aryl methyl sites for hydroxylation is 1. The molecular weight excluding hydrogens is 466 g/mol. The number of nitrogens with zero attached hydrogens (tertiary/aromatic N) is 3. The van der Waals surface area contributed by atoms with E-state index < -0.39 is 22.2 Å². The van der Waals surface area contributed by atoms with Crippen molar-refractivity contribution >= 4 is 15.9 Å². The Kier molecular flexibility index (Phi) is 8.58. The second-order valence-corrected chi connectivity index (χ2v) is 11.6. The summed E-state index contributed by atoms with van der Waals surface area (Å²) in [5.74, 6) is -0.0255. The van der Waals surface area contributed by atoms with Crippen LogP contribution in [0.5, 0.6) is 5.75 Å². The van der Waals surface area contributed by atoms with Crippen LogP contribution in [0.25, 0.3) is 11.1 Å². The Morgan fingerprint density at radius 2 is 1.77 bits per heavy atom. The smallest absolute Gasteiger partial charge is 0.247 e. The first-order valence-electron chi connectivity index (χ1n) is 11.8. The lowest BCUT2D eigenvalue weighted by Gasteiger charge is -2.37. The van der Waals surface area contributed by atoms with Crippen LogP contribution in [0.3, 0.4) is 0 Å². The van der Waals surface area contributed by atoms with Gasteiger partial charge in [-0.1, -0.05) is 42.8 Å². The highest BCUT2D eigenvalue weighted by Crippen LogP contribution is 2.36. The number of likely N-dealkylation sites (N-methyl/N-ethyl adjacent to an activating group) is 2. The molecule has 0 aliphatic carbocycles. The highest BCUT2D eigenvalue weighted by molar-refractivity contribution is 7.89. The van der Waals surface area contributed by atoms with Gasteiger partial charge < -0.3 is 19.6 Å². The number of aliphatic hydroxyl groups excluding tert-OH is 1. The molecule has 1 aliphatic heterocycles. The summed E-state index contributed by atoms with van der Waals surface area (Å²) in [5, 5.41) is 9.80. The summed E-state index contributed by atoms with van der Waals surface area (Å²) in [4.78, 5) is 16.1. The number of ether oxygens (including phenoxy) is 1. The van der Waals surface area contributed by atoms with Crippen molar-refractivity contribution in [3.63, 3.8) is 0 Å². The number of amides is 1. The van der Waals surface area contributed by atoms with Gasteiger partial charge in [0.2, 0.25) is 15.9 Å². The number of fused-ring (bicyclic) bond motifs is 1. The number of hydrogen-bond acceptors (Lipinski definition) is 6. The first kappa shape index (κ1) is 27.1. The lowest BCUT2D eigenvalue weighted by molar-refractivity contribution is -0.132. The molecule has 1 N–H and O–H groups in total. The lowest BCUT2D eigenvalue weighted by Crippen LogP contribution is -2.50. The van der Waals surface area contributed by atoms with E-state index in [4.69, 9.17) is 4.74 Å². The summed E-state index contributed by atoms with van der Waals surface area (Å²) in [5.41, 5.74) is 2.92. The summed E-state index contributed by atoms with van der Waals surface area (Å²) in [6, 6.07) is 12.5. The van der Waals surface area contributed by atoms with Crippen molar-refractivity contribution in [3.8, 4) is 16.9 Å². The molecule has 3 rings (SSSR count). The molecule has 3 atom stereocenters. The number of carbonyl (C=O) groups excluding carboxylic acids is 1. The molecule has 0 unspecified atom stereocenters. The average molecular weight is 504 g/mol. The predicted molar refractivity (Wildman–Crippen MR) is 137 cm³/mol. The van der Waals surface area contributed by atoms with E-state index in [2.05, 4.69) is 0 Å². The molecule has 2 aromatic rings. The van der Waals surface area contributed by atoms with Crippen molar-refractivity contribution in [1.29, 1.82) is 0 Å². The van der Waals surface area contributed by atoms with Gasteiger partial charge in [0.25, 0.3) is 0 Å². The Bertz CT molecular complexity index is 1130. The van der Waals surface area contributed by atoms with E-state index in [1.165, 1.54) is 4.31 Å². The molecule has 8 nitrogen and oxygen atoms in total. The van der Waals surface area contributed by atoms with Crippen LogP contribution >= 0.6 is 0 Å². The third-order valence-corrected chi connectivity index (χ3v) is 8.40. The van der Waals surface area contributed by atoms with Gasteiger partial charge in [-0.25, -0.2) is 8.42 Å². The molecule has 0 aromatic heterocycles. The van der Waals surface area contributed by atoms with Crippen LogP contribution in [0, 0.1) is 12.8 Å². The van der Waals surface area contributed by atoms with Crippen LogP contribution < -0.4 is 4.74 Å². The van der Waals surface area contributed by atoms with Crippen LogP contribution in [0.2, 0.25) is 0 Å². The molecule has 1 amide bonds. The number of carbonyl (C=O) groups is 1. The SMILES string of the molecule is Cc1ccc(-c2ccc3c(c2)O[C@H](CN(C)C(=O)CN(C)C)[C@H](C)CN([C@H](C)CO)S3(=O)=O)cc1. The Labute approximate surface area is 209 Å². The van der Waals surface area contributed by atoms with Gasteiger partial charge in [0, 0.05) is 25.6 Å². The molecule has 0 fully saturated rings. The van der Waals surface area contributed by atoms with Gasteiger partial charge >= 0.3 is 0 Å². The zero-order chi connectivity index (χ0) is 25.9. The summed E-state index contributed by atoms with van der Waals surface area (Å²) in [6.07, 6.45) is -0.443. The standard InChI is InChI=1S/C26H37N3O5S/c1-18-7-9-21(10-8-18)22-11-12-25-23(13-22)34-24(15-28(6)26(31)16-27(4)5)19(2)14-29(20(3)17-30)35(25,32)33/h7-13,19-20,24,30H,14-17H2,1-6H3/t19-,20-,24-/m1/s1. The summed E-state index contributed by atoms with van der Waals surface area (Å²) in [6.45, 7) is 6.07. The van der Waals surface area contributed by atoms with Crippen LogP contribution in [0.1, 0.15) is 19.4 Å². The second-order valence-electron chi connectivity index (χ2n) is 9.78. The maximum Gasteiger partial charge on any atom is 0.247 e.